The third-order valence-electron chi connectivity index (χ3n) is 8.97. The van der Waals surface area contributed by atoms with E-state index in [2.05, 4.69) is 71.6 Å². The molecule has 2 aliphatic heterocycles. The van der Waals surface area contributed by atoms with Crippen LogP contribution in [0.25, 0.3) is 0 Å². The second-order valence-corrected chi connectivity index (χ2v) is 19.5. The number of hydrogen-bond donors (Lipinski definition) is 2. The molecule has 2 amide bonds. The van der Waals surface area contributed by atoms with Crippen molar-refractivity contribution in [3.63, 3.8) is 0 Å². The van der Waals surface area contributed by atoms with Crippen LogP contribution in [0.3, 0.4) is 0 Å². The van der Waals surface area contributed by atoms with Gasteiger partial charge in [-0.1, -0.05) is 79.1 Å². The maximum atomic E-state index is 13.8. The molecule has 5 rings (SSSR count). The molecule has 2 aliphatic rings. The summed E-state index contributed by atoms with van der Waals surface area (Å²) in [6.45, 7) is 9.68. The Labute approximate surface area is 324 Å². The molecule has 2 N–H and O–H groups in total. The zero-order chi connectivity index (χ0) is 36.0. The number of carbonyl (C=O) groups excluding carboxylic acids is 2. The smallest absolute Gasteiger partial charge is 0.285 e. The fraction of sp³-hybridized carbons (Fsp3) is 0.579. The highest BCUT2D eigenvalue weighted by atomic mass is 32.2. The van der Waals surface area contributed by atoms with E-state index in [1.54, 1.807) is 22.7 Å². The van der Waals surface area contributed by atoms with Crippen LogP contribution < -0.4 is 20.3 Å². The number of hydrazone groups is 2. The summed E-state index contributed by atoms with van der Waals surface area (Å²) in [4.78, 5) is 28.2. The van der Waals surface area contributed by atoms with Crippen LogP contribution in [0.4, 0.5) is 0 Å². The van der Waals surface area contributed by atoms with Crippen molar-refractivity contribution in [1.29, 1.82) is 0 Å². The number of nitrogens with one attached hydrogen (secondary N) is 2. The van der Waals surface area contributed by atoms with E-state index in [1.807, 2.05) is 36.0 Å². The summed E-state index contributed by atoms with van der Waals surface area (Å²) < 4.78 is 15.3. The van der Waals surface area contributed by atoms with Gasteiger partial charge in [0, 0.05) is 34.8 Å². The first kappa shape index (κ1) is 39.9. The molecule has 0 fully saturated rings. The van der Waals surface area contributed by atoms with Crippen LogP contribution >= 0.6 is 57.5 Å². The number of rotatable bonds is 20. The van der Waals surface area contributed by atoms with Gasteiger partial charge in [-0.3, -0.25) is 9.59 Å². The van der Waals surface area contributed by atoms with Gasteiger partial charge in [-0.05, 0) is 59.7 Å². The monoisotopic (exact) mass is 788 g/mol. The van der Waals surface area contributed by atoms with Crippen molar-refractivity contribution in [3.8, 4) is 11.5 Å². The third kappa shape index (κ3) is 11.3. The second-order valence-electron chi connectivity index (χ2n) is 13.3. The van der Waals surface area contributed by atoms with E-state index < -0.39 is 11.8 Å². The fourth-order valence-corrected chi connectivity index (χ4v) is 12.4. The zero-order valence-corrected chi connectivity index (χ0v) is 34.3. The lowest BCUT2D eigenvalue weighted by molar-refractivity contribution is 0.0945. The topological polar surface area (TPSA) is 101 Å². The van der Waals surface area contributed by atoms with Crippen molar-refractivity contribution >= 4 is 81.8 Å². The molecule has 4 atom stereocenters. The molecule has 8 nitrogen and oxygen atoms in total. The Hall–Kier alpha value is -2.32. The maximum Gasteiger partial charge on any atom is 0.285 e. The van der Waals surface area contributed by atoms with Gasteiger partial charge in [0.05, 0.1) is 21.6 Å². The normalized spacial score (nSPS) is 20.0. The lowest BCUT2D eigenvalue weighted by Crippen LogP contribution is -2.20. The molecule has 4 unspecified atom stereocenters. The molecule has 13 heteroatoms. The first-order chi connectivity index (χ1) is 24.9. The first-order valence-corrected chi connectivity index (χ1v) is 22.8. The fourth-order valence-electron chi connectivity index (χ4n) is 6.26. The molecule has 0 aliphatic carbocycles. The summed E-state index contributed by atoms with van der Waals surface area (Å²) in [5.74, 6) is 0.0490. The Morgan fingerprint density at radius 3 is 1.57 bits per heavy atom. The van der Waals surface area contributed by atoms with Gasteiger partial charge in [0.25, 0.3) is 11.8 Å². The molecule has 3 aromatic heterocycles. The number of fused-ring (bicyclic) bond motifs is 2. The highest BCUT2D eigenvalue weighted by Crippen LogP contribution is 2.46. The average Bonchev–Trinajstić information content (AvgIpc) is 3.87. The summed E-state index contributed by atoms with van der Waals surface area (Å²) in [5, 5.41) is 14.0. The maximum absolute atomic E-state index is 13.8. The molecule has 0 saturated heterocycles. The van der Waals surface area contributed by atoms with E-state index >= 15 is 0 Å². The Bertz CT molecular complexity index is 1500. The number of amides is 2. The zero-order valence-electron chi connectivity index (χ0n) is 30.2. The lowest BCUT2D eigenvalue weighted by atomic mass is 9.98. The predicted octanol–water partition coefficient (Wildman–Crippen LogP) is 11.3. The van der Waals surface area contributed by atoms with Crippen LogP contribution in [-0.2, 0) is 0 Å². The number of carbonyl (C=O) groups is 2. The number of ether oxygens (including phenoxy) is 2. The van der Waals surface area contributed by atoms with Crippen LogP contribution in [0.5, 0.6) is 11.5 Å². The molecule has 0 radical (unpaired) electrons. The molecular formula is C38H52N4O4S5. The van der Waals surface area contributed by atoms with Crippen molar-refractivity contribution in [1.82, 2.24) is 10.9 Å². The van der Waals surface area contributed by atoms with E-state index in [4.69, 9.17) is 9.47 Å². The van der Waals surface area contributed by atoms with Gasteiger partial charge >= 0.3 is 0 Å². The largest absolute Gasteiger partial charge is 0.488 e. The number of hydrogen-bond acceptors (Lipinski definition) is 11. The lowest BCUT2D eigenvalue weighted by Gasteiger charge is -2.23. The van der Waals surface area contributed by atoms with Gasteiger partial charge in [-0.2, -0.15) is 10.2 Å². The summed E-state index contributed by atoms with van der Waals surface area (Å²) >= 11 is 8.37. The van der Waals surface area contributed by atoms with Crippen LogP contribution in [-0.4, -0.2) is 48.0 Å². The van der Waals surface area contributed by atoms with Crippen molar-refractivity contribution in [2.45, 2.75) is 135 Å². The molecule has 0 saturated carbocycles. The van der Waals surface area contributed by atoms with Gasteiger partial charge in [0.15, 0.2) is 11.5 Å². The summed E-state index contributed by atoms with van der Waals surface area (Å²) in [6.07, 6.45) is 16.3. The van der Waals surface area contributed by atoms with Crippen LogP contribution in [0.2, 0.25) is 0 Å². The van der Waals surface area contributed by atoms with Gasteiger partial charge in [-0.15, -0.1) is 57.5 Å². The molecule has 51 heavy (non-hydrogen) atoms. The van der Waals surface area contributed by atoms with E-state index in [0.717, 1.165) is 75.5 Å². The van der Waals surface area contributed by atoms with E-state index in [9.17, 15) is 9.59 Å². The Kier molecular flexibility index (Phi) is 16.3. The van der Waals surface area contributed by atoms with Crippen LogP contribution in [0.15, 0.2) is 41.5 Å². The second kappa shape index (κ2) is 20.8. The van der Waals surface area contributed by atoms with Gasteiger partial charge in [0.1, 0.15) is 9.75 Å². The number of nitrogens with zero attached hydrogens (tertiary/aromatic N) is 2. The summed E-state index contributed by atoms with van der Waals surface area (Å²) in [7, 11) is 0. The SMILES string of the molecule is CCCCCCCOc1c(C(=O)N/N=C/C2CC(C)Sc3sccc32)sc(C(=O)N/N=C/C2CC(C)Sc3sccc32)c1OCCCCCCC. The highest BCUT2D eigenvalue weighted by molar-refractivity contribution is 8.02. The minimum absolute atomic E-state index is 0.131. The summed E-state index contributed by atoms with van der Waals surface area (Å²) in [6, 6.07) is 4.30. The van der Waals surface area contributed by atoms with Crippen molar-refractivity contribution in [3.05, 3.63) is 43.8 Å². The van der Waals surface area contributed by atoms with Crippen LogP contribution in [0, 0.1) is 0 Å². The van der Waals surface area contributed by atoms with Crippen molar-refractivity contribution in [2.24, 2.45) is 10.2 Å². The third-order valence-corrected chi connectivity index (χ3v) is 14.8. The van der Waals surface area contributed by atoms with E-state index in [1.165, 1.54) is 32.4 Å². The first-order valence-electron chi connectivity index (χ1n) is 18.5. The Balaban J connectivity index is 1.36. The predicted molar refractivity (Wildman–Crippen MR) is 219 cm³/mol. The Morgan fingerprint density at radius 2 is 1.14 bits per heavy atom. The standard InChI is InChI=1S/C38H52N4O4S5/c1-5-7-9-11-13-17-45-31-32(46-18-14-12-10-8-6-2)34(36(44)42-40-24-28-22-26(4)50-38-30(28)16-20-48-38)51-33(31)35(43)41-39-23-27-21-25(3)49-37-29(27)15-19-47-37/h15-16,19-20,23-28H,5-14,17-18,21-22H2,1-4H3,(H,41,43)(H,42,44)/b39-23+,40-24+. The molecule has 278 valence electrons. The van der Waals surface area contributed by atoms with Crippen molar-refractivity contribution < 1.29 is 19.1 Å². The van der Waals surface area contributed by atoms with E-state index in [0.29, 0.717) is 35.2 Å². The van der Waals surface area contributed by atoms with Crippen LogP contribution in [0.1, 0.15) is 147 Å². The average molecular weight is 789 g/mol. The molecule has 5 heterocycles. The minimum Gasteiger partial charge on any atom is -0.488 e. The highest BCUT2D eigenvalue weighted by Gasteiger charge is 2.31. The minimum atomic E-state index is -0.421. The number of thiophene rings is 3. The van der Waals surface area contributed by atoms with Gasteiger partial charge < -0.3 is 9.47 Å². The van der Waals surface area contributed by atoms with Crippen molar-refractivity contribution in [2.75, 3.05) is 13.2 Å². The molecule has 0 aromatic carbocycles. The molecule has 0 bridgehead atoms. The summed E-state index contributed by atoms with van der Waals surface area (Å²) in [5.41, 5.74) is 8.02. The van der Waals surface area contributed by atoms with Gasteiger partial charge in [-0.25, -0.2) is 10.9 Å². The molecule has 0 spiro atoms. The quantitative estimate of drug-likeness (QED) is 0.0672. The van der Waals surface area contributed by atoms with Gasteiger partial charge in [0.2, 0.25) is 0 Å². The Morgan fingerprint density at radius 1 is 0.706 bits per heavy atom. The number of unbranched alkanes of at least 4 members (excludes halogenated alkanes) is 8. The molecule has 3 aromatic rings. The van der Waals surface area contributed by atoms with E-state index in [-0.39, 0.29) is 21.6 Å². The molecular weight excluding hydrogens is 737 g/mol. The number of thioether (sulfide) groups is 2.